The molecule has 1 aromatic heterocycles. The Labute approximate surface area is 80.1 Å². The van der Waals surface area contributed by atoms with Gasteiger partial charge >= 0.3 is 0 Å². The third-order valence-electron chi connectivity index (χ3n) is 1.21. The van der Waals surface area contributed by atoms with Crippen molar-refractivity contribution in [3.05, 3.63) is 17.5 Å². The summed E-state index contributed by atoms with van der Waals surface area (Å²) in [5.41, 5.74) is 0. The number of hydrogen-bond acceptors (Lipinski definition) is 4. The fourth-order valence-electron chi connectivity index (χ4n) is 0.607. The van der Waals surface area contributed by atoms with Crippen LogP contribution in [0.5, 0.6) is 5.88 Å². The van der Waals surface area contributed by atoms with Crippen LogP contribution < -0.4 is 10.1 Å². The molecule has 0 aliphatic rings. The van der Waals surface area contributed by atoms with Gasteiger partial charge in [-0.3, -0.25) is 9.78 Å². The summed E-state index contributed by atoms with van der Waals surface area (Å²) >= 11 is 5.54. The number of carbonyl (C=O) groups is 1. The van der Waals surface area contributed by atoms with Crippen molar-refractivity contribution in [2.75, 3.05) is 13.7 Å². The molecule has 70 valence electrons. The van der Waals surface area contributed by atoms with Crippen LogP contribution in [0.3, 0.4) is 0 Å². The maximum absolute atomic E-state index is 10.8. The van der Waals surface area contributed by atoms with Gasteiger partial charge in [0.05, 0.1) is 12.4 Å². The SMILES string of the molecule is CNC(=O)COc1cncc(Cl)n1. The van der Waals surface area contributed by atoms with E-state index in [0.717, 1.165) is 0 Å². The van der Waals surface area contributed by atoms with Crippen LogP contribution in [0.1, 0.15) is 0 Å². The number of nitrogens with zero attached hydrogens (tertiary/aromatic N) is 2. The lowest BCUT2D eigenvalue weighted by Gasteiger charge is -2.02. The smallest absolute Gasteiger partial charge is 0.257 e. The van der Waals surface area contributed by atoms with Gasteiger partial charge in [0.1, 0.15) is 0 Å². The molecule has 0 aliphatic heterocycles. The summed E-state index contributed by atoms with van der Waals surface area (Å²) in [5, 5.41) is 2.64. The third-order valence-corrected chi connectivity index (χ3v) is 1.40. The summed E-state index contributed by atoms with van der Waals surface area (Å²) in [7, 11) is 1.52. The van der Waals surface area contributed by atoms with Crippen LogP contribution >= 0.6 is 11.6 Å². The number of nitrogens with one attached hydrogen (secondary N) is 1. The molecule has 0 aliphatic carbocycles. The van der Waals surface area contributed by atoms with Crippen LogP contribution in [0, 0.1) is 0 Å². The second kappa shape index (κ2) is 4.61. The quantitative estimate of drug-likeness (QED) is 0.762. The molecule has 1 N–H and O–H groups in total. The monoisotopic (exact) mass is 201 g/mol. The Morgan fingerprint density at radius 2 is 2.46 bits per heavy atom. The van der Waals surface area contributed by atoms with Gasteiger partial charge in [-0.15, -0.1) is 0 Å². The largest absolute Gasteiger partial charge is 0.466 e. The van der Waals surface area contributed by atoms with E-state index in [1.807, 2.05) is 0 Å². The van der Waals surface area contributed by atoms with Gasteiger partial charge in [-0.25, -0.2) is 0 Å². The molecule has 0 aromatic carbocycles. The van der Waals surface area contributed by atoms with Crippen LogP contribution in [-0.4, -0.2) is 29.5 Å². The van der Waals surface area contributed by atoms with Gasteiger partial charge in [0.2, 0.25) is 5.88 Å². The van der Waals surface area contributed by atoms with Gasteiger partial charge in [-0.05, 0) is 0 Å². The Kier molecular flexibility index (Phi) is 3.45. The Bertz CT molecular complexity index is 306. The normalized spacial score (nSPS) is 9.38. The predicted octanol–water partition coefficient (Wildman–Crippen LogP) is 0.255. The molecule has 0 saturated carbocycles. The van der Waals surface area contributed by atoms with E-state index < -0.39 is 0 Å². The number of halogens is 1. The van der Waals surface area contributed by atoms with Gasteiger partial charge in [0.15, 0.2) is 11.8 Å². The standard InChI is InChI=1S/C7H8ClN3O2/c1-9-6(12)4-13-7-3-10-2-5(8)11-7/h2-3H,4H2,1H3,(H,9,12). The zero-order valence-electron chi connectivity index (χ0n) is 6.95. The highest BCUT2D eigenvalue weighted by Gasteiger charge is 2.01. The highest BCUT2D eigenvalue weighted by atomic mass is 35.5. The molecule has 1 amide bonds. The lowest BCUT2D eigenvalue weighted by molar-refractivity contribution is -0.122. The molecule has 0 spiro atoms. The van der Waals surface area contributed by atoms with Gasteiger partial charge < -0.3 is 10.1 Å². The molecule has 13 heavy (non-hydrogen) atoms. The van der Waals surface area contributed by atoms with E-state index in [1.165, 1.54) is 19.4 Å². The summed E-state index contributed by atoms with van der Waals surface area (Å²) in [6.07, 6.45) is 2.77. The first-order valence-electron chi connectivity index (χ1n) is 3.53. The predicted molar refractivity (Wildman–Crippen MR) is 46.6 cm³/mol. The molecule has 1 heterocycles. The van der Waals surface area contributed by atoms with E-state index in [9.17, 15) is 4.79 Å². The molecule has 0 fully saturated rings. The van der Waals surface area contributed by atoms with Gasteiger partial charge in [-0.2, -0.15) is 4.98 Å². The first kappa shape index (κ1) is 9.73. The molecular formula is C7H8ClN3O2. The number of carbonyl (C=O) groups excluding carboxylic acids is 1. The average molecular weight is 202 g/mol. The highest BCUT2D eigenvalue weighted by molar-refractivity contribution is 6.29. The topological polar surface area (TPSA) is 64.1 Å². The van der Waals surface area contributed by atoms with Gasteiger partial charge in [-0.1, -0.05) is 11.6 Å². The van der Waals surface area contributed by atoms with Crippen molar-refractivity contribution in [3.63, 3.8) is 0 Å². The minimum atomic E-state index is -0.234. The number of hydrogen-bond donors (Lipinski definition) is 1. The zero-order valence-corrected chi connectivity index (χ0v) is 7.71. The van der Waals surface area contributed by atoms with Crippen molar-refractivity contribution in [1.29, 1.82) is 0 Å². The molecule has 0 bridgehead atoms. The first-order valence-corrected chi connectivity index (χ1v) is 3.91. The van der Waals surface area contributed by atoms with Gasteiger partial charge in [0, 0.05) is 7.05 Å². The van der Waals surface area contributed by atoms with E-state index in [0.29, 0.717) is 0 Å². The van der Waals surface area contributed by atoms with Crippen LogP contribution in [0.15, 0.2) is 12.4 Å². The molecular weight excluding hydrogens is 194 g/mol. The number of amides is 1. The molecule has 0 saturated heterocycles. The van der Waals surface area contributed by atoms with Crippen LogP contribution in [-0.2, 0) is 4.79 Å². The van der Waals surface area contributed by atoms with Crippen molar-refractivity contribution in [2.24, 2.45) is 0 Å². The van der Waals surface area contributed by atoms with Crippen molar-refractivity contribution in [2.45, 2.75) is 0 Å². The minimum absolute atomic E-state index is 0.0917. The molecule has 6 heteroatoms. The number of likely N-dealkylation sites (N-methyl/N-ethyl adjacent to an activating group) is 1. The Morgan fingerprint density at radius 1 is 1.69 bits per heavy atom. The summed E-state index contributed by atoms with van der Waals surface area (Å²) < 4.78 is 4.97. The molecule has 0 radical (unpaired) electrons. The Balaban J connectivity index is 2.50. The molecule has 5 nitrogen and oxygen atoms in total. The van der Waals surface area contributed by atoms with Crippen LogP contribution in [0.2, 0.25) is 5.15 Å². The molecule has 1 aromatic rings. The maximum atomic E-state index is 10.8. The second-order valence-corrected chi connectivity index (χ2v) is 2.53. The van der Waals surface area contributed by atoms with E-state index >= 15 is 0 Å². The fourth-order valence-corrected chi connectivity index (χ4v) is 0.746. The highest BCUT2D eigenvalue weighted by Crippen LogP contribution is 2.08. The molecule has 0 unspecified atom stereocenters. The van der Waals surface area contributed by atoms with E-state index in [2.05, 4.69) is 15.3 Å². The number of aromatic nitrogens is 2. The van der Waals surface area contributed by atoms with Crippen LogP contribution in [0.4, 0.5) is 0 Å². The van der Waals surface area contributed by atoms with Crippen molar-refractivity contribution in [3.8, 4) is 5.88 Å². The molecule has 0 atom stereocenters. The van der Waals surface area contributed by atoms with E-state index in [1.54, 1.807) is 0 Å². The van der Waals surface area contributed by atoms with E-state index in [-0.39, 0.29) is 23.5 Å². The zero-order chi connectivity index (χ0) is 9.68. The minimum Gasteiger partial charge on any atom is -0.466 e. The lowest BCUT2D eigenvalue weighted by Crippen LogP contribution is -2.25. The second-order valence-electron chi connectivity index (χ2n) is 2.14. The van der Waals surface area contributed by atoms with Crippen LogP contribution in [0.25, 0.3) is 0 Å². The molecule has 1 rings (SSSR count). The Hall–Kier alpha value is -1.36. The summed E-state index contributed by atoms with van der Waals surface area (Å²) in [6, 6.07) is 0. The third kappa shape index (κ3) is 3.25. The van der Waals surface area contributed by atoms with Gasteiger partial charge in [0.25, 0.3) is 5.91 Å². The van der Waals surface area contributed by atoms with Crippen molar-refractivity contribution >= 4 is 17.5 Å². The average Bonchev–Trinajstić information content (AvgIpc) is 2.14. The number of ether oxygens (including phenoxy) is 1. The summed E-state index contributed by atoms with van der Waals surface area (Å²) in [4.78, 5) is 18.3. The van der Waals surface area contributed by atoms with E-state index in [4.69, 9.17) is 16.3 Å². The Morgan fingerprint density at radius 3 is 3.08 bits per heavy atom. The summed E-state index contributed by atoms with van der Waals surface area (Å²) in [5.74, 6) is -0.00197. The summed E-state index contributed by atoms with van der Waals surface area (Å²) in [6.45, 7) is -0.0917. The van der Waals surface area contributed by atoms with Crippen molar-refractivity contribution in [1.82, 2.24) is 15.3 Å². The number of rotatable bonds is 3. The lowest BCUT2D eigenvalue weighted by atomic mass is 10.6. The fraction of sp³-hybridized carbons (Fsp3) is 0.286. The maximum Gasteiger partial charge on any atom is 0.257 e. The first-order chi connectivity index (χ1) is 6.22. The van der Waals surface area contributed by atoms with Crippen molar-refractivity contribution < 1.29 is 9.53 Å².